The molecule has 0 unspecified atom stereocenters. The van der Waals surface area contributed by atoms with Crippen LogP contribution < -0.4 is 0 Å². The minimum Gasteiger partial charge on any atom is -0.594 e. The molecule has 6 rings (SSSR count). The van der Waals surface area contributed by atoms with Crippen molar-refractivity contribution in [3.63, 3.8) is 0 Å². The molecule has 6 aromatic rings. The third-order valence-electron chi connectivity index (χ3n) is 5.76. The van der Waals surface area contributed by atoms with E-state index in [9.17, 15) is 5.21 Å². The maximum absolute atomic E-state index is 13.5. The van der Waals surface area contributed by atoms with Crippen molar-refractivity contribution in [1.29, 1.82) is 0 Å². The second kappa shape index (κ2) is 10.7. The van der Waals surface area contributed by atoms with Crippen molar-refractivity contribution in [2.45, 2.75) is 0 Å². The van der Waals surface area contributed by atoms with Crippen molar-refractivity contribution in [3.8, 4) is 45.6 Å². The summed E-state index contributed by atoms with van der Waals surface area (Å²) in [6.45, 7) is 0. The summed E-state index contributed by atoms with van der Waals surface area (Å²) in [4.78, 5) is 27.6. The van der Waals surface area contributed by atoms with E-state index in [4.69, 9.17) is 9.97 Å². The van der Waals surface area contributed by atoms with Crippen LogP contribution in [0.1, 0.15) is 0 Å². The van der Waals surface area contributed by atoms with Crippen LogP contribution >= 0.6 is 0 Å². The van der Waals surface area contributed by atoms with Gasteiger partial charge < -0.3 is 5.21 Å². The monoisotopic (exact) mass is 508 g/mol. The van der Waals surface area contributed by atoms with Crippen LogP contribution in [0.2, 0.25) is 0 Å². The van der Waals surface area contributed by atoms with Crippen molar-refractivity contribution in [1.82, 2.24) is 29.9 Å². The standard InChI is InChI=1S/C30H20N8O/c39-38(22-19-29(25-11-3-7-15-33-25)36-30(20-22)26-12-4-8-16-34-26)37-21-17-27(23-9-1-5-13-31-23)35-28(18-21)24-10-2-6-14-32-24/h1-20H. The highest BCUT2D eigenvalue weighted by molar-refractivity contribution is 5.68. The predicted octanol–water partition coefficient (Wildman–Crippen LogP) is 6.65. The molecule has 39 heavy (non-hydrogen) atoms. The van der Waals surface area contributed by atoms with E-state index in [1.54, 1.807) is 49.1 Å². The lowest BCUT2D eigenvalue weighted by Crippen LogP contribution is -1.98. The molecular formula is C30H20N8O. The Hall–Kier alpha value is -5.70. The molecule has 0 fully saturated rings. The summed E-state index contributed by atoms with van der Waals surface area (Å²) in [7, 11) is 0. The van der Waals surface area contributed by atoms with E-state index in [-0.39, 0.29) is 5.69 Å². The Kier molecular flexibility index (Phi) is 6.52. The molecule has 0 bridgehead atoms. The molecule has 0 amide bonds. The third-order valence-corrected chi connectivity index (χ3v) is 5.76. The maximum Gasteiger partial charge on any atom is 0.249 e. The summed E-state index contributed by atoms with van der Waals surface area (Å²) in [5, 5.41) is 17.9. The molecule has 0 aromatic carbocycles. The lowest BCUT2D eigenvalue weighted by atomic mass is 10.1. The van der Waals surface area contributed by atoms with Gasteiger partial charge >= 0.3 is 0 Å². The Morgan fingerprint density at radius 2 is 0.821 bits per heavy atom. The summed E-state index contributed by atoms with van der Waals surface area (Å²) in [6.07, 6.45) is 6.74. The number of aromatic nitrogens is 6. The first-order chi connectivity index (χ1) is 19.2. The topological polar surface area (TPSA) is 116 Å². The van der Waals surface area contributed by atoms with E-state index >= 15 is 0 Å². The quantitative estimate of drug-likeness (QED) is 0.140. The second-order valence-corrected chi connectivity index (χ2v) is 8.42. The summed E-state index contributed by atoms with van der Waals surface area (Å²) in [5.41, 5.74) is 5.45. The predicted molar refractivity (Wildman–Crippen MR) is 147 cm³/mol. The van der Waals surface area contributed by atoms with Crippen LogP contribution in [-0.4, -0.2) is 34.8 Å². The summed E-state index contributed by atoms with van der Waals surface area (Å²) in [5.74, 6) is 0. The SMILES string of the molecule is [O-][N+](=Nc1cc(-c2ccccn2)nc(-c2ccccn2)c1)c1cc(-c2ccccn2)nc(-c2ccccn2)c1. The molecule has 0 aliphatic rings. The minimum atomic E-state index is 0.280. The molecule has 0 radical (unpaired) electrons. The lowest BCUT2D eigenvalue weighted by molar-refractivity contribution is -0.435. The van der Waals surface area contributed by atoms with Crippen molar-refractivity contribution >= 4 is 11.4 Å². The second-order valence-electron chi connectivity index (χ2n) is 8.42. The van der Waals surface area contributed by atoms with Crippen LogP contribution in [0.3, 0.4) is 0 Å². The average Bonchev–Trinajstić information content (AvgIpc) is 3.02. The highest BCUT2D eigenvalue weighted by Gasteiger charge is 2.16. The zero-order chi connectivity index (χ0) is 26.4. The molecule has 6 heterocycles. The van der Waals surface area contributed by atoms with Crippen molar-refractivity contribution in [2.24, 2.45) is 5.11 Å². The van der Waals surface area contributed by atoms with Gasteiger partial charge in [0.1, 0.15) is 5.69 Å². The molecule has 9 nitrogen and oxygen atoms in total. The average molecular weight is 509 g/mol. The van der Waals surface area contributed by atoms with Crippen molar-refractivity contribution < 1.29 is 4.86 Å². The first-order valence-corrected chi connectivity index (χ1v) is 12.1. The number of pyridine rings is 6. The van der Waals surface area contributed by atoms with E-state index in [1.165, 1.54) is 0 Å². The van der Waals surface area contributed by atoms with E-state index in [0.717, 1.165) is 0 Å². The van der Waals surface area contributed by atoms with Crippen LogP contribution in [0.5, 0.6) is 0 Å². The largest absolute Gasteiger partial charge is 0.594 e. The molecule has 0 saturated carbocycles. The molecule has 186 valence electrons. The van der Waals surface area contributed by atoms with Gasteiger partial charge in [-0.05, 0) is 65.5 Å². The number of nitrogens with zero attached hydrogens (tertiary/aromatic N) is 8. The molecular weight excluding hydrogens is 488 g/mol. The highest BCUT2D eigenvalue weighted by atomic mass is 16.5. The van der Waals surface area contributed by atoms with Crippen molar-refractivity contribution in [3.05, 3.63) is 127 Å². The smallest absolute Gasteiger partial charge is 0.249 e. The van der Waals surface area contributed by atoms with Crippen LogP contribution in [0.15, 0.2) is 127 Å². The Balaban J connectivity index is 1.48. The fourth-order valence-electron chi connectivity index (χ4n) is 3.95. The first kappa shape index (κ1) is 23.7. The van der Waals surface area contributed by atoms with Gasteiger partial charge in [-0.2, -0.15) is 0 Å². The summed E-state index contributed by atoms with van der Waals surface area (Å²) < 4.78 is 0. The van der Waals surface area contributed by atoms with E-state index in [2.05, 4.69) is 25.1 Å². The van der Waals surface area contributed by atoms with Crippen LogP contribution in [-0.2, 0) is 0 Å². The summed E-state index contributed by atoms with van der Waals surface area (Å²) in [6, 6.07) is 28.9. The Labute approximate surface area is 223 Å². The van der Waals surface area contributed by atoms with E-state index in [1.807, 2.05) is 72.8 Å². The fraction of sp³-hybridized carbons (Fsp3) is 0. The van der Waals surface area contributed by atoms with Gasteiger partial charge in [-0.3, -0.25) is 19.9 Å². The summed E-state index contributed by atoms with van der Waals surface area (Å²) >= 11 is 0. The van der Waals surface area contributed by atoms with Gasteiger partial charge in [-0.25, -0.2) is 9.97 Å². The van der Waals surface area contributed by atoms with Gasteiger partial charge in [-0.15, -0.1) is 0 Å². The molecule has 6 aromatic heterocycles. The zero-order valence-electron chi connectivity index (χ0n) is 20.5. The number of hydrogen-bond acceptors (Lipinski definition) is 8. The zero-order valence-corrected chi connectivity index (χ0v) is 20.5. The van der Waals surface area contributed by atoms with E-state index < -0.39 is 0 Å². The highest BCUT2D eigenvalue weighted by Crippen LogP contribution is 2.30. The van der Waals surface area contributed by atoms with Crippen LogP contribution in [0.25, 0.3) is 45.6 Å². The minimum absolute atomic E-state index is 0.280. The lowest BCUT2D eigenvalue weighted by Gasteiger charge is -2.08. The molecule has 0 N–H and O–H groups in total. The van der Waals surface area contributed by atoms with Crippen molar-refractivity contribution in [2.75, 3.05) is 0 Å². The normalized spacial score (nSPS) is 11.3. The van der Waals surface area contributed by atoms with Gasteiger partial charge in [-0.1, -0.05) is 24.3 Å². The molecule has 0 aliphatic carbocycles. The Bertz CT molecular complexity index is 1630. The third kappa shape index (κ3) is 5.37. The molecule has 0 spiro atoms. The molecule has 0 saturated heterocycles. The number of azo groups is 1. The Morgan fingerprint density at radius 1 is 0.462 bits per heavy atom. The fourth-order valence-corrected chi connectivity index (χ4v) is 3.95. The first-order valence-electron chi connectivity index (χ1n) is 12.1. The molecule has 0 atom stereocenters. The number of hydrogen-bond donors (Lipinski definition) is 0. The molecule has 0 aliphatic heterocycles. The van der Waals surface area contributed by atoms with Gasteiger partial charge in [0.05, 0.1) is 45.6 Å². The van der Waals surface area contributed by atoms with Gasteiger partial charge in [0.15, 0.2) is 0 Å². The van der Waals surface area contributed by atoms with Crippen LogP contribution in [0, 0.1) is 5.21 Å². The number of rotatable bonds is 6. The van der Waals surface area contributed by atoms with E-state index in [0.29, 0.717) is 56.1 Å². The maximum atomic E-state index is 13.5. The van der Waals surface area contributed by atoms with Gasteiger partial charge in [0.25, 0.3) is 0 Å². The van der Waals surface area contributed by atoms with Crippen LogP contribution in [0.4, 0.5) is 11.4 Å². The Morgan fingerprint density at radius 3 is 1.15 bits per heavy atom. The van der Waals surface area contributed by atoms with Gasteiger partial charge in [0, 0.05) is 42.0 Å². The molecule has 9 heteroatoms. The van der Waals surface area contributed by atoms with Gasteiger partial charge in [0.2, 0.25) is 5.69 Å².